The van der Waals surface area contributed by atoms with Gasteiger partial charge in [0.1, 0.15) is 0 Å². The van der Waals surface area contributed by atoms with Gasteiger partial charge in [-0.2, -0.15) is 13.2 Å². The zero-order valence-electron chi connectivity index (χ0n) is 12.6. The van der Waals surface area contributed by atoms with Gasteiger partial charge in [0.2, 0.25) is 0 Å². The van der Waals surface area contributed by atoms with Crippen LogP contribution in [0, 0.1) is 0 Å². The summed E-state index contributed by atoms with van der Waals surface area (Å²) in [5.41, 5.74) is 1.18. The van der Waals surface area contributed by atoms with Crippen LogP contribution >= 0.6 is 11.6 Å². The third-order valence-electron chi connectivity index (χ3n) is 3.87. The van der Waals surface area contributed by atoms with Gasteiger partial charge in [0.05, 0.1) is 5.56 Å². The van der Waals surface area contributed by atoms with Crippen LogP contribution in [0.1, 0.15) is 11.1 Å². The summed E-state index contributed by atoms with van der Waals surface area (Å²) in [6.07, 6.45) is -4.49. The summed E-state index contributed by atoms with van der Waals surface area (Å²) >= 11 is 5.94. The fourth-order valence-electron chi connectivity index (χ4n) is 2.84. The molecule has 122 valence electrons. The third kappa shape index (κ3) is 3.17. The lowest BCUT2D eigenvalue weighted by atomic mass is 9.88. The highest BCUT2D eigenvalue weighted by atomic mass is 35.5. The van der Waals surface area contributed by atoms with E-state index in [2.05, 4.69) is 0 Å². The van der Waals surface area contributed by atoms with E-state index in [-0.39, 0.29) is 17.0 Å². The molecule has 0 radical (unpaired) electrons. The van der Waals surface area contributed by atoms with Crippen molar-refractivity contribution < 1.29 is 13.2 Å². The fraction of sp³-hybridized carbons (Fsp3) is 0.100. The molecule has 0 saturated carbocycles. The Balaban J connectivity index is 2.38. The molecule has 0 heterocycles. The standard InChI is InChI=1S/C20H14ClF3/c21-13-16-11-12-17(14-7-3-1-4-8-14)19(20(22,23)24)18(16)15-9-5-2-6-10-15/h1-12H,13H2. The Labute approximate surface area is 143 Å². The van der Waals surface area contributed by atoms with Crippen molar-refractivity contribution in [1.82, 2.24) is 0 Å². The van der Waals surface area contributed by atoms with E-state index in [4.69, 9.17) is 11.6 Å². The number of rotatable bonds is 3. The summed E-state index contributed by atoms with van der Waals surface area (Å²) in [6.45, 7) is 0. The van der Waals surface area contributed by atoms with Crippen molar-refractivity contribution in [3.8, 4) is 22.3 Å². The molecule has 0 atom stereocenters. The summed E-state index contributed by atoms with van der Waals surface area (Å²) in [4.78, 5) is 0. The molecule has 3 aromatic rings. The molecule has 3 aromatic carbocycles. The van der Waals surface area contributed by atoms with E-state index in [1.807, 2.05) is 0 Å². The average molecular weight is 347 g/mol. The molecular formula is C20H14ClF3. The Morgan fingerprint density at radius 1 is 0.708 bits per heavy atom. The molecule has 0 N–H and O–H groups in total. The first kappa shape index (κ1) is 16.6. The summed E-state index contributed by atoms with van der Waals surface area (Å²) in [6, 6.07) is 20.4. The Kier molecular flexibility index (Phi) is 4.63. The quantitative estimate of drug-likeness (QED) is 0.458. The van der Waals surface area contributed by atoms with E-state index in [0.29, 0.717) is 16.7 Å². The average Bonchev–Trinajstić information content (AvgIpc) is 2.61. The number of halogens is 4. The molecule has 0 fully saturated rings. The SMILES string of the molecule is FC(F)(F)c1c(-c2ccccc2)ccc(CCl)c1-c1ccccc1. The van der Waals surface area contributed by atoms with Gasteiger partial charge in [-0.15, -0.1) is 11.6 Å². The smallest absolute Gasteiger partial charge is 0.166 e. The van der Waals surface area contributed by atoms with Crippen LogP contribution in [0.3, 0.4) is 0 Å². The number of hydrogen-bond acceptors (Lipinski definition) is 0. The zero-order chi connectivity index (χ0) is 17.2. The van der Waals surface area contributed by atoms with Crippen LogP contribution in [0.2, 0.25) is 0 Å². The van der Waals surface area contributed by atoms with Gasteiger partial charge >= 0.3 is 6.18 Å². The van der Waals surface area contributed by atoms with Crippen molar-refractivity contribution in [1.29, 1.82) is 0 Å². The molecule has 24 heavy (non-hydrogen) atoms. The maximum atomic E-state index is 14.0. The molecule has 0 aromatic heterocycles. The van der Waals surface area contributed by atoms with E-state index in [1.54, 1.807) is 66.7 Å². The lowest BCUT2D eigenvalue weighted by Gasteiger charge is -2.20. The van der Waals surface area contributed by atoms with Gasteiger partial charge in [0.15, 0.2) is 0 Å². The van der Waals surface area contributed by atoms with Crippen LogP contribution in [0.4, 0.5) is 13.2 Å². The van der Waals surface area contributed by atoms with Gasteiger partial charge in [-0.3, -0.25) is 0 Å². The van der Waals surface area contributed by atoms with Crippen LogP contribution in [0.15, 0.2) is 72.8 Å². The second kappa shape index (κ2) is 6.70. The van der Waals surface area contributed by atoms with Crippen LogP contribution in [-0.2, 0) is 12.1 Å². The molecular weight excluding hydrogens is 333 g/mol. The maximum absolute atomic E-state index is 14.0. The highest BCUT2D eigenvalue weighted by molar-refractivity contribution is 6.17. The normalized spacial score (nSPS) is 11.5. The Bertz CT molecular complexity index is 825. The van der Waals surface area contributed by atoms with Gasteiger partial charge in [-0.05, 0) is 27.8 Å². The van der Waals surface area contributed by atoms with E-state index >= 15 is 0 Å². The second-order valence-electron chi connectivity index (χ2n) is 5.39. The van der Waals surface area contributed by atoms with Crippen LogP contribution in [-0.4, -0.2) is 0 Å². The van der Waals surface area contributed by atoms with Crippen molar-refractivity contribution in [2.45, 2.75) is 12.1 Å². The molecule has 3 rings (SSSR count). The largest absolute Gasteiger partial charge is 0.417 e. The van der Waals surface area contributed by atoms with Crippen LogP contribution < -0.4 is 0 Å². The number of hydrogen-bond donors (Lipinski definition) is 0. The zero-order valence-corrected chi connectivity index (χ0v) is 13.4. The molecule has 0 aliphatic rings. The first-order chi connectivity index (χ1) is 11.5. The molecule has 0 unspecified atom stereocenters. The third-order valence-corrected chi connectivity index (χ3v) is 4.15. The molecule has 0 aliphatic heterocycles. The molecule has 4 heteroatoms. The van der Waals surface area contributed by atoms with Crippen molar-refractivity contribution in [2.24, 2.45) is 0 Å². The van der Waals surface area contributed by atoms with Gasteiger partial charge in [-0.25, -0.2) is 0 Å². The van der Waals surface area contributed by atoms with Crippen LogP contribution in [0.5, 0.6) is 0 Å². The highest BCUT2D eigenvalue weighted by Crippen LogP contribution is 2.45. The summed E-state index contributed by atoms with van der Waals surface area (Å²) in [7, 11) is 0. The Morgan fingerprint density at radius 3 is 1.75 bits per heavy atom. The number of alkyl halides is 4. The van der Waals surface area contributed by atoms with Crippen molar-refractivity contribution in [3.05, 3.63) is 83.9 Å². The van der Waals surface area contributed by atoms with Gasteiger partial charge < -0.3 is 0 Å². The van der Waals surface area contributed by atoms with E-state index < -0.39 is 11.7 Å². The van der Waals surface area contributed by atoms with Crippen LogP contribution in [0.25, 0.3) is 22.3 Å². The van der Waals surface area contributed by atoms with Crippen molar-refractivity contribution in [2.75, 3.05) is 0 Å². The topological polar surface area (TPSA) is 0 Å². The molecule has 0 saturated heterocycles. The minimum atomic E-state index is -4.49. The maximum Gasteiger partial charge on any atom is 0.417 e. The van der Waals surface area contributed by atoms with Crippen molar-refractivity contribution >= 4 is 11.6 Å². The van der Waals surface area contributed by atoms with E-state index in [9.17, 15) is 13.2 Å². The predicted molar refractivity (Wildman–Crippen MR) is 91.9 cm³/mol. The summed E-state index contributed by atoms with van der Waals surface area (Å²) < 4.78 is 41.9. The molecule has 0 aliphatic carbocycles. The first-order valence-corrected chi connectivity index (χ1v) is 7.95. The molecule has 0 amide bonds. The predicted octanol–water partition coefficient (Wildman–Crippen LogP) is 6.78. The van der Waals surface area contributed by atoms with E-state index in [0.717, 1.165) is 0 Å². The number of benzene rings is 3. The minimum absolute atomic E-state index is 0.0162. The molecule has 0 bridgehead atoms. The van der Waals surface area contributed by atoms with Gasteiger partial charge in [-0.1, -0.05) is 72.8 Å². The summed E-state index contributed by atoms with van der Waals surface area (Å²) in [5.74, 6) is 0.0162. The second-order valence-corrected chi connectivity index (χ2v) is 5.65. The lowest BCUT2D eigenvalue weighted by molar-refractivity contribution is -0.136. The fourth-order valence-corrected chi connectivity index (χ4v) is 3.07. The summed E-state index contributed by atoms with van der Waals surface area (Å²) in [5, 5.41) is 0. The minimum Gasteiger partial charge on any atom is -0.166 e. The lowest BCUT2D eigenvalue weighted by Crippen LogP contribution is -2.11. The highest BCUT2D eigenvalue weighted by Gasteiger charge is 2.37. The van der Waals surface area contributed by atoms with Gasteiger partial charge in [0, 0.05) is 5.88 Å². The monoisotopic (exact) mass is 346 g/mol. The molecule has 0 nitrogen and oxygen atoms in total. The van der Waals surface area contributed by atoms with Crippen molar-refractivity contribution in [3.63, 3.8) is 0 Å². The Morgan fingerprint density at radius 2 is 1.25 bits per heavy atom. The van der Waals surface area contributed by atoms with E-state index in [1.165, 1.54) is 6.07 Å². The first-order valence-electron chi connectivity index (χ1n) is 7.42. The Hall–Kier alpha value is -2.26. The van der Waals surface area contributed by atoms with Gasteiger partial charge in [0.25, 0.3) is 0 Å². The molecule has 0 spiro atoms.